The van der Waals surface area contributed by atoms with E-state index in [2.05, 4.69) is 18.8 Å². The fourth-order valence-corrected chi connectivity index (χ4v) is 5.13. The van der Waals surface area contributed by atoms with Gasteiger partial charge in [0.25, 0.3) is 0 Å². The van der Waals surface area contributed by atoms with Gasteiger partial charge in [-0.25, -0.2) is 13.4 Å². The number of sulfonamides is 1. The van der Waals surface area contributed by atoms with Gasteiger partial charge >= 0.3 is 0 Å². The number of aryl methyl sites for hydroxylation is 2. The maximum absolute atomic E-state index is 13.0. The third-order valence-electron chi connectivity index (χ3n) is 4.29. The Bertz CT molecular complexity index is 808. The summed E-state index contributed by atoms with van der Waals surface area (Å²) < 4.78 is 29.4. The first-order chi connectivity index (χ1) is 10.2. The Morgan fingerprint density at radius 2 is 2.05 bits per heavy atom. The van der Waals surface area contributed by atoms with E-state index in [4.69, 9.17) is 0 Å². The van der Waals surface area contributed by atoms with Crippen molar-refractivity contribution in [3.8, 4) is 0 Å². The molecule has 1 atom stereocenters. The molecule has 1 unspecified atom stereocenters. The van der Waals surface area contributed by atoms with E-state index in [1.165, 1.54) is 0 Å². The third-order valence-corrected chi connectivity index (χ3v) is 6.10. The van der Waals surface area contributed by atoms with Crippen LogP contribution >= 0.6 is 0 Å². The number of nitrogens with zero attached hydrogens (tertiary/aromatic N) is 3. The van der Waals surface area contributed by atoms with Crippen molar-refractivity contribution in [1.82, 2.24) is 13.9 Å². The molecule has 0 saturated carbocycles. The van der Waals surface area contributed by atoms with Gasteiger partial charge in [0.15, 0.2) is 0 Å². The molecule has 1 saturated heterocycles. The smallest absolute Gasteiger partial charge is 0.243 e. The molecule has 0 amide bonds. The number of hydrogen-bond donors (Lipinski definition) is 0. The maximum atomic E-state index is 13.0. The Kier molecular flexibility index (Phi) is 3.41. The molecular weight excluding hydrogens is 298 g/mol. The molecule has 118 valence electrons. The largest absolute Gasteiger partial charge is 0.337 e. The van der Waals surface area contributed by atoms with E-state index in [0.717, 1.165) is 11.4 Å². The van der Waals surface area contributed by atoms with Crippen molar-refractivity contribution in [3.63, 3.8) is 0 Å². The predicted molar refractivity (Wildman–Crippen MR) is 84.8 cm³/mol. The minimum Gasteiger partial charge on any atom is -0.337 e. The van der Waals surface area contributed by atoms with Gasteiger partial charge in [-0.3, -0.25) is 0 Å². The normalized spacial score (nSPS) is 21.5. The molecule has 0 N–H and O–H groups in total. The maximum Gasteiger partial charge on any atom is 0.243 e. The zero-order chi connectivity index (χ0) is 16.1. The second kappa shape index (κ2) is 4.93. The van der Waals surface area contributed by atoms with Crippen LogP contribution < -0.4 is 0 Å². The highest BCUT2D eigenvalue weighted by Crippen LogP contribution is 2.50. The van der Waals surface area contributed by atoms with E-state index in [-0.39, 0.29) is 11.5 Å². The molecule has 2 aromatic rings. The van der Waals surface area contributed by atoms with Gasteiger partial charge in [-0.05, 0) is 24.6 Å². The zero-order valence-corrected chi connectivity index (χ0v) is 14.1. The summed E-state index contributed by atoms with van der Waals surface area (Å²) in [6.07, 6.45) is 3.56. The summed E-state index contributed by atoms with van der Waals surface area (Å²) in [6.45, 7) is 6.55. The van der Waals surface area contributed by atoms with Crippen molar-refractivity contribution in [2.24, 2.45) is 12.5 Å². The molecule has 0 radical (unpaired) electrons. The lowest BCUT2D eigenvalue weighted by atomic mass is 9.76. The van der Waals surface area contributed by atoms with Crippen LogP contribution in [0.4, 0.5) is 0 Å². The summed E-state index contributed by atoms with van der Waals surface area (Å²) in [5.74, 6) is 0.785. The molecule has 0 spiro atoms. The average Bonchev–Trinajstić information content (AvgIpc) is 2.82. The summed E-state index contributed by atoms with van der Waals surface area (Å²) in [5.41, 5.74) is 0.810. The first kappa shape index (κ1) is 15.2. The van der Waals surface area contributed by atoms with Gasteiger partial charge in [0.1, 0.15) is 5.82 Å². The summed E-state index contributed by atoms with van der Waals surface area (Å²) >= 11 is 0. The SMILES string of the molecule is Cc1cccc(S(=O)(=O)N2CC(C)(C)C2c2nccn2C)c1. The quantitative estimate of drug-likeness (QED) is 0.873. The van der Waals surface area contributed by atoms with Gasteiger partial charge in [-0.15, -0.1) is 0 Å². The monoisotopic (exact) mass is 319 g/mol. The third kappa shape index (κ3) is 2.27. The number of imidazole rings is 1. The summed E-state index contributed by atoms with van der Waals surface area (Å²) in [5, 5.41) is 0. The van der Waals surface area contributed by atoms with E-state index < -0.39 is 10.0 Å². The molecule has 2 heterocycles. The molecule has 3 rings (SSSR count). The van der Waals surface area contributed by atoms with Crippen LogP contribution in [-0.4, -0.2) is 28.8 Å². The molecule has 0 aliphatic carbocycles. The van der Waals surface area contributed by atoms with Crippen LogP contribution in [0.3, 0.4) is 0 Å². The molecule has 1 aromatic heterocycles. The molecule has 5 nitrogen and oxygen atoms in total. The molecule has 1 fully saturated rings. The Morgan fingerprint density at radius 3 is 2.59 bits per heavy atom. The highest BCUT2D eigenvalue weighted by atomic mass is 32.2. The lowest BCUT2D eigenvalue weighted by Crippen LogP contribution is -2.58. The minimum atomic E-state index is -3.51. The van der Waals surface area contributed by atoms with E-state index in [1.807, 2.05) is 30.8 Å². The fourth-order valence-electron chi connectivity index (χ4n) is 3.11. The number of aromatic nitrogens is 2. The molecule has 0 bridgehead atoms. The number of hydrogen-bond acceptors (Lipinski definition) is 3. The van der Waals surface area contributed by atoms with Crippen molar-refractivity contribution in [3.05, 3.63) is 48.0 Å². The van der Waals surface area contributed by atoms with Crippen molar-refractivity contribution in [1.29, 1.82) is 0 Å². The van der Waals surface area contributed by atoms with Crippen LogP contribution in [0.2, 0.25) is 0 Å². The Balaban J connectivity index is 2.03. The van der Waals surface area contributed by atoms with Crippen LogP contribution in [0, 0.1) is 12.3 Å². The van der Waals surface area contributed by atoms with Crippen LogP contribution in [0.25, 0.3) is 0 Å². The van der Waals surface area contributed by atoms with E-state index in [0.29, 0.717) is 11.4 Å². The van der Waals surface area contributed by atoms with Gasteiger partial charge in [-0.2, -0.15) is 4.31 Å². The standard InChI is InChI=1S/C16H21N3O2S/c1-12-6-5-7-13(10-12)22(20,21)19-11-16(2,3)14(19)15-17-8-9-18(15)4/h5-10,14H,11H2,1-4H3. The van der Waals surface area contributed by atoms with Crippen molar-refractivity contribution < 1.29 is 8.42 Å². The summed E-state index contributed by atoms with van der Waals surface area (Å²) in [6, 6.07) is 6.82. The van der Waals surface area contributed by atoms with Crippen LogP contribution in [0.15, 0.2) is 41.6 Å². The lowest BCUT2D eigenvalue weighted by molar-refractivity contribution is 0.0120. The van der Waals surface area contributed by atoms with Crippen molar-refractivity contribution in [2.45, 2.75) is 31.7 Å². The average molecular weight is 319 g/mol. The van der Waals surface area contributed by atoms with Crippen LogP contribution in [0.5, 0.6) is 0 Å². The predicted octanol–water partition coefficient (Wildman–Crippen LogP) is 2.50. The molecule has 1 aliphatic rings. The summed E-state index contributed by atoms with van der Waals surface area (Å²) in [4.78, 5) is 4.71. The van der Waals surface area contributed by atoms with Gasteiger partial charge in [0, 0.05) is 31.4 Å². The number of rotatable bonds is 3. The first-order valence-electron chi connectivity index (χ1n) is 7.29. The second-order valence-electron chi connectivity index (χ2n) is 6.65. The molecule has 6 heteroatoms. The fraction of sp³-hybridized carbons (Fsp3) is 0.438. The lowest BCUT2D eigenvalue weighted by Gasteiger charge is -2.52. The van der Waals surface area contributed by atoms with Gasteiger partial charge in [0.05, 0.1) is 10.9 Å². The molecular formula is C16H21N3O2S. The highest BCUT2D eigenvalue weighted by Gasteiger charge is 2.54. The first-order valence-corrected chi connectivity index (χ1v) is 8.73. The topological polar surface area (TPSA) is 55.2 Å². The summed E-state index contributed by atoms with van der Waals surface area (Å²) in [7, 11) is -1.61. The second-order valence-corrected chi connectivity index (χ2v) is 8.54. The molecule has 22 heavy (non-hydrogen) atoms. The Labute approximate surface area is 131 Å². The van der Waals surface area contributed by atoms with Gasteiger partial charge in [-0.1, -0.05) is 26.0 Å². The van der Waals surface area contributed by atoms with Gasteiger partial charge < -0.3 is 4.57 Å². The van der Waals surface area contributed by atoms with Crippen LogP contribution in [-0.2, 0) is 17.1 Å². The van der Waals surface area contributed by atoms with Crippen molar-refractivity contribution >= 4 is 10.0 Å². The zero-order valence-electron chi connectivity index (χ0n) is 13.3. The van der Waals surface area contributed by atoms with E-state index in [9.17, 15) is 8.42 Å². The van der Waals surface area contributed by atoms with Crippen LogP contribution in [0.1, 0.15) is 31.3 Å². The van der Waals surface area contributed by atoms with E-state index >= 15 is 0 Å². The minimum absolute atomic E-state index is 0.129. The van der Waals surface area contributed by atoms with Gasteiger partial charge in [0.2, 0.25) is 10.0 Å². The highest BCUT2D eigenvalue weighted by molar-refractivity contribution is 7.89. The molecule has 1 aromatic carbocycles. The van der Waals surface area contributed by atoms with Crippen molar-refractivity contribution in [2.75, 3.05) is 6.54 Å². The van der Waals surface area contributed by atoms with E-state index in [1.54, 1.807) is 28.7 Å². The number of benzene rings is 1. The molecule has 1 aliphatic heterocycles. The Hall–Kier alpha value is -1.66. The Morgan fingerprint density at radius 1 is 1.32 bits per heavy atom.